The van der Waals surface area contributed by atoms with E-state index < -0.39 is 11.9 Å². The predicted molar refractivity (Wildman–Crippen MR) is 156 cm³/mol. The smallest absolute Gasteiger partial charge is 0.262 e. The maximum atomic E-state index is 13.4. The molecule has 0 radical (unpaired) electrons. The Balaban J connectivity index is 1.45. The summed E-state index contributed by atoms with van der Waals surface area (Å²) in [6.45, 7) is 8.24. The first-order chi connectivity index (χ1) is 19.2. The average Bonchev–Trinajstić information content (AvgIpc) is 3.19. The molecule has 1 aromatic heterocycles. The number of aromatic nitrogens is 1. The van der Waals surface area contributed by atoms with E-state index in [1.54, 1.807) is 24.4 Å². The zero-order chi connectivity index (χ0) is 28.6. The molecule has 40 heavy (non-hydrogen) atoms. The van der Waals surface area contributed by atoms with Crippen LogP contribution in [0.15, 0.2) is 77.9 Å². The van der Waals surface area contributed by atoms with Gasteiger partial charge in [0.05, 0.1) is 6.21 Å². The molecule has 7 nitrogen and oxygen atoms in total. The van der Waals surface area contributed by atoms with Gasteiger partial charge in [0, 0.05) is 28.7 Å². The fraction of sp³-hybridized carbons (Fsp3) is 0.281. The van der Waals surface area contributed by atoms with Crippen LogP contribution in [0, 0.1) is 25.6 Å². The third-order valence-corrected chi connectivity index (χ3v) is 6.71. The minimum absolute atomic E-state index is 0.170. The van der Waals surface area contributed by atoms with Gasteiger partial charge in [-0.3, -0.25) is 9.59 Å². The standard InChI is InChI=1S/C32H35FN4O3/c1-21(2)17-28(35-31(38)20-40-30-12-8-5-9-22(30)3)32(39)36-34-18-27-23(4)37(29-11-7-6-10-26(27)29)19-24-13-15-25(33)16-14-24/h5-16,18,21,28H,17,19-20H2,1-4H3,(H,35,38)(H,36,39)/b34-18-/t28-/m0/s1. The molecular weight excluding hydrogens is 507 g/mol. The summed E-state index contributed by atoms with van der Waals surface area (Å²) < 4.78 is 21.2. The molecule has 4 aromatic rings. The molecule has 1 atom stereocenters. The summed E-state index contributed by atoms with van der Waals surface area (Å²) in [7, 11) is 0. The number of nitrogens with zero attached hydrogens (tertiary/aromatic N) is 2. The number of nitrogens with one attached hydrogen (secondary N) is 2. The Hall–Kier alpha value is -4.46. The highest BCUT2D eigenvalue weighted by atomic mass is 19.1. The molecule has 0 bridgehead atoms. The van der Waals surface area contributed by atoms with Crippen LogP contribution in [-0.2, 0) is 16.1 Å². The highest BCUT2D eigenvalue weighted by Gasteiger charge is 2.22. The Kier molecular flexibility index (Phi) is 9.32. The number of rotatable bonds is 11. The van der Waals surface area contributed by atoms with Gasteiger partial charge in [0.25, 0.3) is 11.8 Å². The Bertz CT molecular complexity index is 1510. The second-order valence-corrected chi connectivity index (χ2v) is 10.3. The molecule has 0 aliphatic carbocycles. The molecule has 4 rings (SSSR count). The molecule has 1 heterocycles. The van der Waals surface area contributed by atoms with Gasteiger partial charge in [-0.2, -0.15) is 5.10 Å². The summed E-state index contributed by atoms with van der Waals surface area (Å²) in [5, 5.41) is 8.02. The highest BCUT2D eigenvalue weighted by Crippen LogP contribution is 2.25. The minimum Gasteiger partial charge on any atom is -0.484 e. The Morgan fingerprint density at radius 2 is 1.70 bits per heavy atom. The van der Waals surface area contributed by atoms with Crippen LogP contribution in [-0.4, -0.2) is 35.2 Å². The number of para-hydroxylation sites is 2. The number of amides is 2. The fourth-order valence-corrected chi connectivity index (χ4v) is 4.64. The lowest BCUT2D eigenvalue weighted by Crippen LogP contribution is -2.47. The van der Waals surface area contributed by atoms with Crippen molar-refractivity contribution < 1.29 is 18.7 Å². The van der Waals surface area contributed by atoms with Gasteiger partial charge in [0.1, 0.15) is 17.6 Å². The highest BCUT2D eigenvalue weighted by molar-refractivity contribution is 6.01. The van der Waals surface area contributed by atoms with Gasteiger partial charge >= 0.3 is 0 Å². The van der Waals surface area contributed by atoms with Crippen molar-refractivity contribution in [1.82, 2.24) is 15.3 Å². The molecule has 2 amide bonds. The van der Waals surface area contributed by atoms with Crippen LogP contribution < -0.4 is 15.5 Å². The number of carbonyl (C=O) groups excluding carboxylic acids is 2. The second kappa shape index (κ2) is 13.1. The number of fused-ring (bicyclic) bond motifs is 1. The second-order valence-electron chi connectivity index (χ2n) is 10.3. The summed E-state index contributed by atoms with van der Waals surface area (Å²) in [6.07, 6.45) is 2.08. The fourth-order valence-electron chi connectivity index (χ4n) is 4.64. The quantitative estimate of drug-likeness (QED) is 0.194. The zero-order valence-corrected chi connectivity index (χ0v) is 23.3. The third kappa shape index (κ3) is 7.14. The van der Waals surface area contributed by atoms with Gasteiger partial charge in [-0.1, -0.05) is 62.4 Å². The van der Waals surface area contributed by atoms with Crippen molar-refractivity contribution in [2.24, 2.45) is 11.0 Å². The van der Waals surface area contributed by atoms with E-state index in [4.69, 9.17) is 4.74 Å². The number of hydrogen-bond donors (Lipinski definition) is 2. The zero-order valence-electron chi connectivity index (χ0n) is 23.3. The maximum absolute atomic E-state index is 13.4. The van der Waals surface area contributed by atoms with Crippen LogP contribution in [0.2, 0.25) is 0 Å². The molecule has 0 saturated carbocycles. The van der Waals surface area contributed by atoms with Gasteiger partial charge in [-0.25, -0.2) is 9.82 Å². The Morgan fingerprint density at radius 1 is 1.00 bits per heavy atom. The number of aryl methyl sites for hydroxylation is 1. The van der Waals surface area contributed by atoms with E-state index in [1.165, 1.54) is 12.1 Å². The molecule has 8 heteroatoms. The molecule has 0 spiro atoms. The molecule has 0 unspecified atom stereocenters. The minimum atomic E-state index is -0.758. The summed E-state index contributed by atoms with van der Waals surface area (Å²) in [5.41, 5.74) is 7.35. The number of hydrogen-bond acceptors (Lipinski definition) is 4. The van der Waals surface area contributed by atoms with Crippen LogP contribution in [0.5, 0.6) is 5.75 Å². The number of hydrazone groups is 1. The lowest BCUT2D eigenvalue weighted by atomic mass is 10.0. The van der Waals surface area contributed by atoms with E-state index >= 15 is 0 Å². The van der Waals surface area contributed by atoms with Crippen molar-refractivity contribution in [3.63, 3.8) is 0 Å². The van der Waals surface area contributed by atoms with Crippen molar-refractivity contribution in [3.8, 4) is 5.75 Å². The SMILES string of the molecule is Cc1ccccc1OCC(=O)N[C@@H](CC(C)C)C(=O)N/N=C\c1c(C)n(Cc2ccc(F)cc2)c2ccccc12. The summed E-state index contributed by atoms with van der Waals surface area (Å²) in [6, 6.07) is 21.1. The largest absolute Gasteiger partial charge is 0.484 e. The topological polar surface area (TPSA) is 84.7 Å². The third-order valence-electron chi connectivity index (χ3n) is 6.71. The molecule has 2 N–H and O–H groups in total. The monoisotopic (exact) mass is 542 g/mol. The number of halogens is 1. The molecule has 208 valence electrons. The molecular formula is C32H35FN4O3. The number of benzene rings is 3. The molecule has 0 saturated heterocycles. The summed E-state index contributed by atoms with van der Waals surface area (Å²) in [4.78, 5) is 25.6. The molecule has 0 aliphatic heterocycles. The van der Waals surface area contributed by atoms with E-state index in [0.29, 0.717) is 18.7 Å². The Labute approximate surface area is 234 Å². The van der Waals surface area contributed by atoms with E-state index in [2.05, 4.69) is 20.4 Å². The molecule has 0 aliphatic rings. The first kappa shape index (κ1) is 28.5. The van der Waals surface area contributed by atoms with Gasteiger partial charge in [-0.15, -0.1) is 0 Å². The summed E-state index contributed by atoms with van der Waals surface area (Å²) >= 11 is 0. The van der Waals surface area contributed by atoms with Crippen LogP contribution in [0.1, 0.15) is 42.7 Å². The lowest BCUT2D eigenvalue weighted by Gasteiger charge is -2.19. The van der Waals surface area contributed by atoms with Gasteiger partial charge in [0.15, 0.2) is 6.61 Å². The molecule has 0 fully saturated rings. The van der Waals surface area contributed by atoms with Crippen LogP contribution in [0.3, 0.4) is 0 Å². The Morgan fingerprint density at radius 3 is 2.42 bits per heavy atom. The van der Waals surface area contributed by atoms with Crippen LogP contribution in [0.25, 0.3) is 10.9 Å². The number of carbonyl (C=O) groups is 2. The normalized spacial score (nSPS) is 12.2. The van der Waals surface area contributed by atoms with Crippen molar-refractivity contribution in [2.75, 3.05) is 6.61 Å². The van der Waals surface area contributed by atoms with E-state index in [0.717, 1.165) is 33.3 Å². The van der Waals surface area contributed by atoms with Crippen molar-refractivity contribution in [3.05, 3.63) is 101 Å². The molecule has 3 aromatic carbocycles. The van der Waals surface area contributed by atoms with Crippen LogP contribution in [0.4, 0.5) is 4.39 Å². The van der Waals surface area contributed by atoms with E-state index in [-0.39, 0.29) is 24.2 Å². The maximum Gasteiger partial charge on any atom is 0.262 e. The van der Waals surface area contributed by atoms with Crippen molar-refractivity contribution >= 4 is 28.9 Å². The van der Waals surface area contributed by atoms with Gasteiger partial charge in [-0.05, 0) is 61.6 Å². The first-order valence-corrected chi connectivity index (χ1v) is 13.4. The number of ether oxygens (including phenoxy) is 1. The van der Waals surface area contributed by atoms with E-state index in [1.807, 2.05) is 70.2 Å². The predicted octanol–water partition coefficient (Wildman–Crippen LogP) is 5.51. The average molecular weight is 543 g/mol. The van der Waals surface area contributed by atoms with Gasteiger partial charge < -0.3 is 14.6 Å². The lowest BCUT2D eigenvalue weighted by molar-refractivity contribution is -0.130. The van der Waals surface area contributed by atoms with Crippen molar-refractivity contribution in [1.29, 1.82) is 0 Å². The first-order valence-electron chi connectivity index (χ1n) is 13.4. The summed E-state index contributed by atoms with van der Waals surface area (Å²) in [5.74, 6) is -0.258. The van der Waals surface area contributed by atoms with E-state index in [9.17, 15) is 14.0 Å². The van der Waals surface area contributed by atoms with Crippen molar-refractivity contribution in [2.45, 2.75) is 46.7 Å². The van der Waals surface area contributed by atoms with Crippen LogP contribution >= 0.6 is 0 Å². The van der Waals surface area contributed by atoms with Gasteiger partial charge in [0.2, 0.25) is 0 Å².